The highest BCUT2D eigenvalue weighted by molar-refractivity contribution is 7.30. The third-order valence-electron chi connectivity index (χ3n) is 2.05. The van der Waals surface area contributed by atoms with E-state index in [2.05, 4.69) is 0 Å². The molecule has 0 amide bonds. The molecule has 0 spiro atoms. The SMILES string of the molecule is CCOC(=O)c1sc2cc(Cl)sc2c1C(F)F. The van der Waals surface area contributed by atoms with Gasteiger partial charge in [0.2, 0.25) is 0 Å². The molecule has 2 aromatic heterocycles. The fraction of sp³-hybridized carbons (Fsp3) is 0.300. The molecule has 0 aliphatic rings. The van der Waals surface area contributed by atoms with Crippen LogP contribution < -0.4 is 0 Å². The number of carbonyl (C=O) groups excluding carboxylic acids is 1. The molecule has 2 rings (SSSR count). The Hall–Kier alpha value is -0.720. The van der Waals surface area contributed by atoms with Gasteiger partial charge in [-0.1, -0.05) is 11.6 Å². The van der Waals surface area contributed by atoms with Gasteiger partial charge in [-0.25, -0.2) is 13.6 Å². The van der Waals surface area contributed by atoms with Crippen molar-refractivity contribution in [2.45, 2.75) is 13.3 Å². The van der Waals surface area contributed by atoms with Crippen molar-refractivity contribution in [3.05, 3.63) is 20.8 Å². The van der Waals surface area contributed by atoms with Crippen LogP contribution in [0.3, 0.4) is 0 Å². The molecule has 7 heteroatoms. The second-order valence-corrected chi connectivity index (χ2v) is 5.85. The second kappa shape index (κ2) is 4.88. The summed E-state index contributed by atoms with van der Waals surface area (Å²) in [6.07, 6.45) is -2.71. The highest BCUT2D eigenvalue weighted by Crippen LogP contribution is 2.43. The molecule has 17 heavy (non-hydrogen) atoms. The maximum Gasteiger partial charge on any atom is 0.348 e. The number of alkyl halides is 2. The summed E-state index contributed by atoms with van der Waals surface area (Å²) in [4.78, 5) is 11.5. The van der Waals surface area contributed by atoms with Gasteiger partial charge in [-0.2, -0.15) is 0 Å². The molecular formula is C10H7ClF2O2S2. The number of hydrogen-bond acceptors (Lipinski definition) is 4. The lowest BCUT2D eigenvalue weighted by Crippen LogP contribution is -2.05. The Morgan fingerprint density at radius 1 is 1.53 bits per heavy atom. The van der Waals surface area contributed by atoms with Crippen LogP contribution in [0.5, 0.6) is 0 Å². The molecule has 0 aromatic carbocycles. The first-order valence-corrected chi connectivity index (χ1v) is 6.72. The normalized spacial score (nSPS) is 11.4. The number of ether oxygens (including phenoxy) is 1. The zero-order valence-electron chi connectivity index (χ0n) is 8.63. The Kier molecular flexibility index (Phi) is 3.65. The van der Waals surface area contributed by atoms with Gasteiger partial charge in [0.25, 0.3) is 6.43 Å². The van der Waals surface area contributed by atoms with Crippen LogP contribution >= 0.6 is 34.3 Å². The largest absolute Gasteiger partial charge is 0.462 e. The summed E-state index contributed by atoms with van der Waals surface area (Å²) < 4.78 is 32.1. The number of fused-ring (bicyclic) bond motifs is 1. The van der Waals surface area contributed by atoms with Crippen LogP contribution in [0, 0.1) is 0 Å². The fourth-order valence-corrected chi connectivity index (χ4v) is 4.09. The van der Waals surface area contributed by atoms with E-state index in [0.29, 0.717) is 13.7 Å². The average molecular weight is 297 g/mol. The topological polar surface area (TPSA) is 26.3 Å². The number of esters is 1. The molecule has 0 fully saturated rings. The van der Waals surface area contributed by atoms with Crippen LogP contribution in [0.25, 0.3) is 9.40 Å². The van der Waals surface area contributed by atoms with E-state index >= 15 is 0 Å². The lowest BCUT2D eigenvalue weighted by molar-refractivity contribution is 0.0522. The van der Waals surface area contributed by atoms with Gasteiger partial charge in [-0.15, -0.1) is 22.7 Å². The van der Waals surface area contributed by atoms with Crippen molar-refractivity contribution in [2.24, 2.45) is 0 Å². The van der Waals surface area contributed by atoms with Gasteiger partial charge in [-0.05, 0) is 13.0 Å². The lowest BCUT2D eigenvalue weighted by Gasteiger charge is -2.02. The van der Waals surface area contributed by atoms with Crippen molar-refractivity contribution >= 4 is 49.6 Å². The highest BCUT2D eigenvalue weighted by atomic mass is 35.5. The fourth-order valence-electron chi connectivity index (χ4n) is 1.42. The number of thiophene rings is 2. The summed E-state index contributed by atoms with van der Waals surface area (Å²) in [5.74, 6) is -0.702. The number of rotatable bonds is 3. The van der Waals surface area contributed by atoms with E-state index < -0.39 is 12.4 Å². The van der Waals surface area contributed by atoms with Crippen LogP contribution in [0.15, 0.2) is 6.07 Å². The van der Waals surface area contributed by atoms with Crippen LogP contribution in [0.4, 0.5) is 8.78 Å². The zero-order valence-corrected chi connectivity index (χ0v) is 11.0. The molecule has 0 aliphatic carbocycles. The first kappa shape index (κ1) is 12.7. The predicted octanol–water partition coefficient (Wildman–Crippen LogP) is 4.73. The van der Waals surface area contributed by atoms with Crippen molar-refractivity contribution in [3.8, 4) is 0 Å². The molecule has 0 bridgehead atoms. The predicted molar refractivity (Wildman–Crippen MR) is 65.6 cm³/mol. The Bertz CT molecular complexity index is 562. The van der Waals surface area contributed by atoms with E-state index in [-0.39, 0.29) is 17.0 Å². The summed E-state index contributed by atoms with van der Waals surface area (Å²) in [7, 11) is 0. The minimum atomic E-state index is -2.71. The van der Waals surface area contributed by atoms with E-state index in [0.717, 1.165) is 22.7 Å². The molecule has 0 saturated carbocycles. The minimum absolute atomic E-state index is 0.0280. The Morgan fingerprint density at radius 2 is 2.24 bits per heavy atom. The van der Waals surface area contributed by atoms with Gasteiger partial charge in [0, 0.05) is 4.70 Å². The molecule has 2 aromatic rings. The molecule has 92 valence electrons. The molecule has 0 aliphatic heterocycles. The maximum absolute atomic E-state index is 13.0. The van der Waals surface area contributed by atoms with E-state index in [4.69, 9.17) is 16.3 Å². The molecule has 0 N–H and O–H groups in total. The van der Waals surface area contributed by atoms with E-state index in [9.17, 15) is 13.6 Å². The number of carbonyl (C=O) groups is 1. The molecule has 0 atom stereocenters. The third-order valence-corrected chi connectivity index (χ3v) is 4.61. The van der Waals surface area contributed by atoms with Crippen LogP contribution in [-0.2, 0) is 4.74 Å². The molecule has 2 heterocycles. The van der Waals surface area contributed by atoms with Crippen molar-refractivity contribution in [2.75, 3.05) is 6.61 Å². The smallest absolute Gasteiger partial charge is 0.348 e. The maximum atomic E-state index is 13.0. The standard InChI is InChI=1S/C10H7ClF2O2S2/c1-2-15-10(14)8-6(9(12)13)7-4(16-8)3-5(11)17-7/h3,9H,2H2,1H3. The van der Waals surface area contributed by atoms with Crippen molar-refractivity contribution in [3.63, 3.8) is 0 Å². The van der Waals surface area contributed by atoms with Gasteiger partial charge in [-0.3, -0.25) is 0 Å². The highest BCUT2D eigenvalue weighted by Gasteiger charge is 2.27. The summed E-state index contributed by atoms with van der Waals surface area (Å²) in [5, 5.41) is 0. The van der Waals surface area contributed by atoms with Crippen molar-refractivity contribution in [1.82, 2.24) is 0 Å². The second-order valence-electron chi connectivity index (χ2n) is 3.11. The van der Waals surface area contributed by atoms with Gasteiger partial charge >= 0.3 is 5.97 Å². The van der Waals surface area contributed by atoms with E-state index in [1.54, 1.807) is 13.0 Å². The van der Waals surface area contributed by atoms with E-state index in [1.165, 1.54) is 0 Å². The Morgan fingerprint density at radius 3 is 2.82 bits per heavy atom. The summed E-state index contributed by atoms with van der Waals surface area (Å²) in [6.45, 7) is 1.79. The van der Waals surface area contributed by atoms with Gasteiger partial charge in [0.1, 0.15) is 4.88 Å². The third kappa shape index (κ3) is 2.29. The van der Waals surface area contributed by atoms with Crippen LogP contribution in [-0.4, -0.2) is 12.6 Å². The van der Waals surface area contributed by atoms with Crippen molar-refractivity contribution in [1.29, 1.82) is 0 Å². The summed E-state index contributed by atoms with van der Waals surface area (Å²) >= 11 is 7.80. The molecule has 2 nitrogen and oxygen atoms in total. The first-order chi connectivity index (χ1) is 8.04. The van der Waals surface area contributed by atoms with Gasteiger partial charge < -0.3 is 4.74 Å². The van der Waals surface area contributed by atoms with E-state index in [1.807, 2.05) is 0 Å². The van der Waals surface area contributed by atoms with Crippen LogP contribution in [0.1, 0.15) is 28.6 Å². The summed E-state index contributed by atoms with van der Waals surface area (Å²) in [5.41, 5.74) is -0.264. The molecular weight excluding hydrogens is 290 g/mol. The van der Waals surface area contributed by atoms with Gasteiger partial charge in [0.05, 0.1) is 21.2 Å². The van der Waals surface area contributed by atoms with Crippen LogP contribution in [0.2, 0.25) is 4.34 Å². The Labute approximate surface area is 109 Å². The lowest BCUT2D eigenvalue weighted by atomic mass is 10.2. The number of halogens is 3. The summed E-state index contributed by atoms with van der Waals surface area (Å²) in [6, 6.07) is 1.58. The Balaban J connectivity index is 2.58. The quantitative estimate of drug-likeness (QED) is 0.765. The molecule has 0 unspecified atom stereocenters. The molecule has 0 radical (unpaired) electrons. The van der Waals surface area contributed by atoms with Gasteiger partial charge in [0.15, 0.2) is 0 Å². The first-order valence-electron chi connectivity index (χ1n) is 4.71. The van der Waals surface area contributed by atoms with Crippen molar-refractivity contribution < 1.29 is 18.3 Å². The minimum Gasteiger partial charge on any atom is -0.462 e. The number of hydrogen-bond donors (Lipinski definition) is 0. The monoisotopic (exact) mass is 296 g/mol. The molecule has 0 saturated heterocycles. The zero-order chi connectivity index (χ0) is 12.6. The average Bonchev–Trinajstić information content (AvgIpc) is 2.72.